The smallest absolute Gasteiger partial charge is 0.407 e. The predicted molar refractivity (Wildman–Crippen MR) is 323 cm³/mol. The van der Waals surface area contributed by atoms with Crippen molar-refractivity contribution in [3.63, 3.8) is 0 Å². The molecule has 15 atom stereocenters. The minimum absolute atomic E-state index is 0.00235. The van der Waals surface area contributed by atoms with E-state index in [1.54, 1.807) is 55.1 Å². The van der Waals surface area contributed by atoms with E-state index in [0.29, 0.717) is 136 Å². The highest BCUT2D eigenvalue weighted by molar-refractivity contribution is 6.39. The third-order valence-electron chi connectivity index (χ3n) is 17.1. The van der Waals surface area contributed by atoms with Crippen LogP contribution in [-0.2, 0) is 80.8 Å². The second-order valence-electron chi connectivity index (χ2n) is 23.9. The number of amides is 2. The number of allylic oxidation sites excluding steroid dienone is 6. The van der Waals surface area contributed by atoms with Crippen molar-refractivity contribution < 1.29 is 95.8 Å². The molecule has 2 bridgehead atoms. The molecule has 0 unspecified atom stereocenters. The molecule has 0 aromatic rings. The number of ketones is 3. The molecule has 2 saturated heterocycles. The van der Waals surface area contributed by atoms with Gasteiger partial charge in [-0.25, -0.2) is 9.59 Å². The molecular formula is C65H106N2O20. The SMILES string of the molecule is COCCOCCOCCOCCOCCOCCNC(=O)O[C@@H]1CC[C@@H](C[C@@H](C)[C@@H]2CC(=O)[C@H](C)/C=C(\C)[C@@H](O)[C@@H](OC)C(=O)[C@H](C)C[C@H](C)/C=C/C=C/C=C(\C)[C@@H](OC)C[C@@H]3CC[C@@H](C)[C@@](O)(O3)C(=O)C(=O)N3CCCC[C@H]3C(=O)O2)C[C@H]1OC. The molecule has 22 nitrogen and oxygen atoms in total. The average Bonchev–Trinajstić information content (AvgIpc) is 1.25. The van der Waals surface area contributed by atoms with Gasteiger partial charge in [-0.15, -0.1) is 0 Å². The van der Waals surface area contributed by atoms with Gasteiger partial charge in [0.2, 0.25) is 5.79 Å². The standard InChI is InChI=1S/C65H106N2O20/c1-43-17-13-12-14-18-44(2)55(77-9)41-51-22-20-49(7)65(75,87-51)61(71)62(72)67-25-16-15-19-52(67)63(73)85-56(42-53(68)45(3)38-48(6)59(70)60(79-11)58(69)47(5)37-43)46(4)39-50-21-23-54(57(40-50)78-10)86-64(74)66-24-26-80-29-30-82-33-34-84-36-35-83-32-31-81-28-27-76-8/h12-14,17-18,38,43,45-47,49-52,54-57,59-60,70,75H,15-16,19-37,39-42H2,1-11H3,(H,66,74)/b14-12+,17-13+,44-18+,48-38+/t43-,45-,46-,47-,49-,50+,51+,52+,54-,55+,56+,57-,59-,60+,65-/m1/s1. The summed E-state index contributed by atoms with van der Waals surface area (Å²) in [6, 6.07) is -1.19. The van der Waals surface area contributed by atoms with Gasteiger partial charge in [0, 0.05) is 72.1 Å². The average molecular weight is 1240 g/mol. The summed E-state index contributed by atoms with van der Waals surface area (Å²) < 4.78 is 68.1. The van der Waals surface area contributed by atoms with Gasteiger partial charge < -0.3 is 77.3 Å². The molecule has 3 N–H and O–H groups in total. The number of carbonyl (C=O) groups is 6. The van der Waals surface area contributed by atoms with E-state index in [1.165, 1.54) is 12.0 Å². The second-order valence-corrected chi connectivity index (χ2v) is 23.9. The molecule has 87 heavy (non-hydrogen) atoms. The number of esters is 1. The largest absolute Gasteiger partial charge is 0.460 e. The quantitative estimate of drug-likeness (QED) is 0.0374. The van der Waals surface area contributed by atoms with Crippen LogP contribution in [0.15, 0.2) is 47.6 Å². The van der Waals surface area contributed by atoms with E-state index in [0.717, 1.165) is 5.57 Å². The number of hydrogen-bond donors (Lipinski definition) is 3. The maximum atomic E-state index is 14.7. The molecule has 0 radical (unpaired) electrons. The van der Waals surface area contributed by atoms with E-state index in [1.807, 2.05) is 51.2 Å². The van der Waals surface area contributed by atoms with Crippen LogP contribution in [0, 0.1) is 35.5 Å². The van der Waals surface area contributed by atoms with Gasteiger partial charge in [-0.1, -0.05) is 71.1 Å². The molecule has 3 heterocycles. The Balaban J connectivity index is 1.45. The van der Waals surface area contributed by atoms with Crippen molar-refractivity contribution in [3.05, 3.63) is 47.6 Å². The fraction of sp³-hybridized carbons (Fsp3) is 0.785. The Bertz CT molecular complexity index is 2220. The third-order valence-corrected chi connectivity index (χ3v) is 17.1. The summed E-state index contributed by atoms with van der Waals surface area (Å²) in [6.45, 7) is 17.6. The molecule has 4 rings (SSSR count). The number of aliphatic hydroxyl groups excluding tert-OH is 1. The Morgan fingerprint density at radius 1 is 0.736 bits per heavy atom. The lowest BCUT2D eigenvalue weighted by Crippen LogP contribution is -2.61. The maximum absolute atomic E-state index is 14.7. The zero-order valence-corrected chi connectivity index (χ0v) is 53.9. The Kier molecular flexibility index (Phi) is 34.9. The summed E-state index contributed by atoms with van der Waals surface area (Å²) in [5.41, 5.74) is 1.22. The van der Waals surface area contributed by atoms with Crippen molar-refractivity contribution in [2.45, 2.75) is 180 Å². The van der Waals surface area contributed by atoms with Gasteiger partial charge in [-0.05, 0) is 107 Å². The topological polar surface area (TPSA) is 269 Å². The van der Waals surface area contributed by atoms with Crippen LogP contribution in [-0.4, -0.2) is 219 Å². The van der Waals surface area contributed by atoms with E-state index >= 15 is 0 Å². The molecule has 3 fully saturated rings. The third kappa shape index (κ3) is 25.1. The molecule has 0 aromatic carbocycles. The fourth-order valence-electron chi connectivity index (χ4n) is 11.8. The monoisotopic (exact) mass is 1230 g/mol. The normalized spacial score (nSPS) is 33.1. The summed E-state index contributed by atoms with van der Waals surface area (Å²) in [6.07, 6.45) is 9.65. The molecule has 1 aliphatic carbocycles. The van der Waals surface area contributed by atoms with E-state index in [9.17, 15) is 39.0 Å². The van der Waals surface area contributed by atoms with Crippen molar-refractivity contribution in [1.29, 1.82) is 0 Å². The highest BCUT2D eigenvalue weighted by atomic mass is 16.6. The number of Topliss-reactive ketones (excluding diaryl/α,β-unsaturated/α-hetero) is 3. The summed E-state index contributed by atoms with van der Waals surface area (Å²) in [7, 11) is 6.12. The lowest BCUT2D eigenvalue weighted by Gasteiger charge is -2.42. The number of fused-ring (bicyclic) bond motifs is 3. The van der Waals surface area contributed by atoms with Crippen molar-refractivity contribution in [2.24, 2.45) is 35.5 Å². The minimum atomic E-state index is -2.47. The lowest BCUT2D eigenvalue weighted by atomic mass is 9.78. The van der Waals surface area contributed by atoms with Crippen molar-refractivity contribution in [1.82, 2.24) is 10.2 Å². The number of cyclic esters (lactones) is 1. The van der Waals surface area contributed by atoms with Crippen LogP contribution in [0.1, 0.15) is 126 Å². The highest BCUT2D eigenvalue weighted by Gasteiger charge is 2.53. The Morgan fingerprint density at radius 3 is 2.00 bits per heavy atom. The van der Waals surface area contributed by atoms with Crippen LogP contribution in [0.2, 0.25) is 0 Å². The minimum Gasteiger partial charge on any atom is -0.460 e. The first-order valence-electron chi connectivity index (χ1n) is 31.5. The molecule has 22 heteroatoms. The van der Waals surface area contributed by atoms with Gasteiger partial charge in [0.25, 0.3) is 11.7 Å². The summed E-state index contributed by atoms with van der Waals surface area (Å²) >= 11 is 0. The van der Waals surface area contributed by atoms with Gasteiger partial charge in [-0.3, -0.25) is 19.2 Å². The first kappa shape index (κ1) is 75.2. The Morgan fingerprint density at radius 2 is 1.38 bits per heavy atom. The first-order chi connectivity index (χ1) is 41.7. The van der Waals surface area contributed by atoms with Crippen molar-refractivity contribution in [3.8, 4) is 0 Å². The number of alkyl carbamates (subject to hydrolysis) is 1. The zero-order chi connectivity index (χ0) is 63.9. The summed E-state index contributed by atoms with van der Waals surface area (Å²) in [5.74, 6) is -8.51. The molecule has 4 aliphatic rings. The van der Waals surface area contributed by atoms with Gasteiger partial charge in [0.1, 0.15) is 36.2 Å². The second kappa shape index (κ2) is 40.4. The number of nitrogens with zero attached hydrogens (tertiary/aromatic N) is 1. The summed E-state index contributed by atoms with van der Waals surface area (Å²) in [5, 5.41) is 26.4. The maximum Gasteiger partial charge on any atom is 0.407 e. The van der Waals surface area contributed by atoms with Gasteiger partial charge >= 0.3 is 12.1 Å². The van der Waals surface area contributed by atoms with Crippen molar-refractivity contribution in [2.75, 3.05) is 114 Å². The number of piperidine rings is 1. The molecule has 2 amide bonds. The summed E-state index contributed by atoms with van der Waals surface area (Å²) in [4.78, 5) is 85.9. The van der Waals surface area contributed by atoms with E-state index in [-0.39, 0.29) is 55.9 Å². The number of aliphatic hydroxyl groups is 2. The van der Waals surface area contributed by atoms with Crippen LogP contribution in [0.4, 0.5) is 4.79 Å². The predicted octanol–water partition coefficient (Wildman–Crippen LogP) is 6.64. The first-order valence-corrected chi connectivity index (χ1v) is 31.5. The Labute approximate surface area is 517 Å². The van der Waals surface area contributed by atoms with E-state index in [4.69, 9.17) is 56.8 Å². The number of hydrogen-bond acceptors (Lipinski definition) is 20. The van der Waals surface area contributed by atoms with Crippen LogP contribution in [0.5, 0.6) is 0 Å². The molecule has 1 saturated carbocycles. The number of methoxy groups -OCH3 is 4. The van der Waals surface area contributed by atoms with Crippen LogP contribution in [0.3, 0.4) is 0 Å². The lowest BCUT2D eigenvalue weighted by molar-refractivity contribution is -0.265. The van der Waals surface area contributed by atoms with E-state index < -0.39 is 102 Å². The molecule has 496 valence electrons. The van der Waals surface area contributed by atoms with E-state index in [2.05, 4.69) is 5.32 Å². The van der Waals surface area contributed by atoms with Crippen LogP contribution >= 0.6 is 0 Å². The highest BCUT2D eigenvalue weighted by Crippen LogP contribution is 2.38. The number of rotatable bonds is 25. The molecule has 0 aromatic heterocycles. The van der Waals surface area contributed by atoms with Crippen molar-refractivity contribution >= 4 is 35.3 Å². The molecule has 0 spiro atoms. The number of carbonyl (C=O) groups excluding carboxylic acids is 6. The van der Waals surface area contributed by atoms with Crippen LogP contribution < -0.4 is 5.32 Å². The molecular weight excluding hydrogens is 1130 g/mol. The van der Waals surface area contributed by atoms with Crippen LogP contribution in [0.25, 0.3) is 0 Å². The fourth-order valence-corrected chi connectivity index (χ4v) is 11.8. The Hall–Kier alpha value is -4.30. The molecule has 3 aliphatic heterocycles. The van der Waals surface area contributed by atoms with Gasteiger partial charge in [0.15, 0.2) is 5.78 Å². The van der Waals surface area contributed by atoms with Gasteiger partial charge in [0.05, 0.1) is 91.0 Å². The zero-order valence-electron chi connectivity index (χ0n) is 53.9. The number of nitrogens with one attached hydrogen (secondary N) is 1. The van der Waals surface area contributed by atoms with Gasteiger partial charge in [-0.2, -0.15) is 0 Å². The number of ether oxygens (including phenoxy) is 12.